The fraction of sp³-hybridized carbons (Fsp3) is 0.333. The van der Waals surface area contributed by atoms with E-state index in [9.17, 15) is 9.59 Å². The minimum atomic E-state index is 0.00344. The highest BCUT2D eigenvalue weighted by Gasteiger charge is 2.50. The smallest absolute Gasteiger partial charge is 0.251 e. The first-order valence-corrected chi connectivity index (χ1v) is 20.7. The molecule has 4 aromatic carbocycles. The van der Waals surface area contributed by atoms with Gasteiger partial charge in [-0.05, 0) is 103 Å². The van der Waals surface area contributed by atoms with Gasteiger partial charge in [-0.15, -0.1) is 11.3 Å². The highest BCUT2D eigenvalue weighted by atomic mass is 79.9. The van der Waals surface area contributed by atoms with Gasteiger partial charge in [0.05, 0.1) is 4.88 Å². The summed E-state index contributed by atoms with van der Waals surface area (Å²) in [6, 6.07) is 28.6. The first-order valence-electron chi connectivity index (χ1n) is 19.1. The van der Waals surface area contributed by atoms with Gasteiger partial charge in [0.25, 0.3) is 5.91 Å². The molecule has 4 heterocycles. The maximum Gasteiger partial charge on any atom is 0.251 e. The summed E-state index contributed by atoms with van der Waals surface area (Å²) in [6.07, 6.45) is 3.50. The zero-order valence-corrected chi connectivity index (χ0v) is 33.6. The van der Waals surface area contributed by atoms with E-state index in [1.54, 1.807) is 11.3 Å². The average molecular weight is 821 g/mol. The molecular formula is C45H46BrN3O5S. The van der Waals surface area contributed by atoms with Crippen molar-refractivity contribution in [3.63, 3.8) is 0 Å². The number of allylic oxidation sites excluding steroid dienone is 1. The molecule has 1 saturated carbocycles. The van der Waals surface area contributed by atoms with E-state index < -0.39 is 0 Å². The number of Topliss-reactive ketones (excluding diaryl/α,β-unsaturated/α-hetero) is 1. The van der Waals surface area contributed by atoms with Gasteiger partial charge in [0.15, 0.2) is 5.75 Å². The van der Waals surface area contributed by atoms with Crippen LogP contribution < -0.4 is 19.5 Å². The number of halogens is 1. The number of ketones is 1. The summed E-state index contributed by atoms with van der Waals surface area (Å²) in [5.41, 5.74) is 5.70. The van der Waals surface area contributed by atoms with Crippen molar-refractivity contribution in [3.05, 3.63) is 118 Å². The van der Waals surface area contributed by atoms with Gasteiger partial charge in [-0.3, -0.25) is 19.4 Å². The lowest BCUT2D eigenvalue weighted by molar-refractivity contribution is -0.119. The summed E-state index contributed by atoms with van der Waals surface area (Å²) in [4.78, 5) is 28.4. The number of thiophene rings is 1. The van der Waals surface area contributed by atoms with E-state index in [1.807, 2.05) is 42.5 Å². The van der Waals surface area contributed by atoms with E-state index >= 15 is 0 Å². The van der Waals surface area contributed by atoms with E-state index in [-0.39, 0.29) is 5.91 Å². The molecule has 55 heavy (non-hydrogen) atoms. The Morgan fingerprint density at radius 2 is 1.49 bits per heavy atom. The van der Waals surface area contributed by atoms with E-state index in [0.29, 0.717) is 37.4 Å². The Balaban J connectivity index is 0.000000477. The molecule has 1 aliphatic carbocycles. The molecule has 284 valence electrons. The van der Waals surface area contributed by atoms with Crippen LogP contribution in [0.5, 0.6) is 23.0 Å². The summed E-state index contributed by atoms with van der Waals surface area (Å²) in [5, 5.41) is 3.98. The Labute approximate surface area is 335 Å². The molecule has 4 aliphatic rings. The third-order valence-corrected chi connectivity index (χ3v) is 12.4. The number of hydrogen-bond acceptors (Lipinski definition) is 8. The highest BCUT2D eigenvalue weighted by Crippen LogP contribution is 2.47. The van der Waals surface area contributed by atoms with E-state index in [2.05, 4.69) is 87.0 Å². The number of benzene rings is 4. The number of nitrogens with one attached hydrogen (secondary N) is 1. The fourth-order valence-electron chi connectivity index (χ4n) is 7.99. The number of carbonyl (C=O) groups is 2. The molecule has 2 saturated heterocycles. The van der Waals surface area contributed by atoms with Crippen LogP contribution in [0.25, 0.3) is 20.5 Å². The third kappa shape index (κ3) is 8.83. The van der Waals surface area contributed by atoms with Crippen LogP contribution >= 0.6 is 27.3 Å². The van der Waals surface area contributed by atoms with Crippen LogP contribution in [0.3, 0.4) is 0 Å². The topological polar surface area (TPSA) is 80.3 Å². The molecule has 3 fully saturated rings. The second-order valence-electron chi connectivity index (χ2n) is 15.3. The van der Waals surface area contributed by atoms with Crippen LogP contribution in [0.15, 0.2) is 102 Å². The van der Waals surface area contributed by atoms with Crippen molar-refractivity contribution in [1.29, 1.82) is 0 Å². The number of rotatable bonds is 11. The Hall–Kier alpha value is -4.48. The van der Waals surface area contributed by atoms with Crippen LogP contribution in [0.4, 0.5) is 0 Å². The molecule has 0 unspecified atom stereocenters. The Bertz CT molecular complexity index is 2190. The number of carbonyl (C=O) groups excluding carboxylic acids is 2. The van der Waals surface area contributed by atoms with Crippen LogP contribution in [-0.4, -0.2) is 74.0 Å². The van der Waals surface area contributed by atoms with Gasteiger partial charge in [0, 0.05) is 84.2 Å². The highest BCUT2D eigenvalue weighted by molar-refractivity contribution is 9.10. The molecule has 3 aliphatic heterocycles. The van der Waals surface area contributed by atoms with Crippen molar-refractivity contribution in [3.8, 4) is 33.4 Å². The third-order valence-electron chi connectivity index (χ3n) is 10.7. The normalized spacial score (nSPS) is 17.5. The molecule has 0 atom stereocenters. The lowest BCUT2D eigenvalue weighted by Crippen LogP contribution is -2.72. The maximum atomic E-state index is 11.7. The van der Waals surface area contributed by atoms with Gasteiger partial charge in [-0.1, -0.05) is 46.3 Å². The van der Waals surface area contributed by atoms with Crippen molar-refractivity contribution in [2.45, 2.75) is 39.2 Å². The SMILES string of the molecule is C=C1CCCC(=O)C1.Cc1ccc2c(Oc3ccc(OCCN4CC5(C4)CN(CCOc4ccc6c(c4)CNC6=O)C5)cc3)c(-c3ccc(Br)cc3)sc2c1. The molecule has 10 heteroatoms. The van der Waals surface area contributed by atoms with Gasteiger partial charge in [-0.2, -0.15) is 0 Å². The molecule has 1 spiro atoms. The fourth-order valence-corrected chi connectivity index (χ4v) is 9.49. The molecule has 9 rings (SSSR count). The van der Waals surface area contributed by atoms with Gasteiger partial charge >= 0.3 is 0 Å². The number of amides is 1. The molecule has 8 nitrogen and oxygen atoms in total. The number of aryl methyl sites for hydroxylation is 1. The number of hydrogen-bond donors (Lipinski definition) is 1. The summed E-state index contributed by atoms with van der Waals surface area (Å²) in [7, 11) is 0. The van der Waals surface area contributed by atoms with E-state index in [4.69, 9.17) is 14.2 Å². The molecule has 0 radical (unpaired) electrons. The number of fused-ring (bicyclic) bond motifs is 2. The molecule has 5 aromatic rings. The second-order valence-corrected chi connectivity index (χ2v) is 17.2. The van der Waals surface area contributed by atoms with Crippen LogP contribution in [0.1, 0.15) is 47.2 Å². The lowest BCUT2D eigenvalue weighted by Gasteiger charge is -2.60. The number of nitrogens with zero attached hydrogens (tertiary/aromatic N) is 2. The average Bonchev–Trinajstić information content (AvgIpc) is 3.69. The first-order chi connectivity index (χ1) is 26.7. The van der Waals surface area contributed by atoms with E-state index in [1.165, 1.54) is 10.3 Å². The van der Waals surface area contributed by atoms with Crippen LogP contribution in [-0.2, 0) is 11.3 Å². The second kappa shape index (κ2) is 16.3. The molecule has 0 bridgehead atoms. The van der Waals surface area contributed by atoms with Gasteiger partial charge < -0.3 is 19.5 Å². The monoisotopic (exact) mass is 819 g/mol. The molecule has 1 amide bonds. The molecule has 1 N–H and O–H groups in total. The van der Waals surface area contributed by atoms with Gasteiger partial charge in [-0.25, -0.2) is 0 Å². The van der Waals surface area contributed by atoms with Crippen molar-refractivity contribution in [1.82, 2.24) is 15.1 Å². The predicted octanol–water partition coefficient (Wildman–Crippen LogP) is 9.44. The van der Waals surface area contributed by atoms with Crippen LogP contribution in [0, 0.1) is 12.3 Å². The van der Waals surface area contributed by atoms with Crippen molar-refractivity contribution >= 4 is 49.0 Å². The van der Waals surface area contributed by atoms with E-state index in [0.717, 1.165) is 119 Å². The van der Waals surface area contributed by atoms with Crippen molar-refractivity contribution < 1.29 is 23.8 Å². The lowest BCUT2D eigenvalue weighted by atomic mass is 9.73. The molecular weight excluding hydrogens is 774 g/mol. The predicted molar refractivity (Wildman–Crippen MR) is 223 cm³/mol. The minimum absolute atomic E-state index is 0.00344. The van der Waals surface area contributed by atoms with Gasteiger partial charge in [0.1, 0.15) is 36.2 Å². The Morgan fingerprint density at radius 3 is 2.16 bits per heavy atom. The maximum absolute atomic E-state index is 11.7. The number of ether oxygens (including phenoxy) is 3. The zero-order chi connectivity index (χ0) is 37.9. The molecule has 1 aromatic heterocycles. The Morgan fingerprint density at radius 1 is 0.818 bits per heavy atom. The summed E-state index contributed by atoms with van der Waals surface area (Å²) in [5.74, 6) is 3.74. The minimum Gasteiger partial charge on any atom is -0.492 e. The van der Waals surface area contributed by atoms with Crippen molar-refractivity contribution in [2.75, 3.05) is 52.5 Å². The summed E-state index contributed by atoms with van der Waals surface area (Å²) < 4.78 is 20.9. The summed E-state index contributed by atoms with van der Waals surface area (Å²) in [6.45, 7) is 14.1. The standard InChI is InChI=1S/C38H36BrN3O4S.C7H10O/c1-25-2-12-33-34(18-25)47-36(26-3-5-28(39)6-4-26)35(33)46-30-9-7-29(8-10-30)44-16-14-41-21-38(22-41)23-42(24-38)15-17-45-31-11-13-32-27(19-31)20-40-37(32)43;1-6-3-2-4-7(8)5-6/h2-13,18-19H,14-17,20-24H2,1H3,(H,40,43);1-5H2. The van der Waals surface area contributed by atoms with Gasteiger partial charge in [0.2, 0.25) is 0 Å². The summed E-state index contributed by atoms with van der Waals surface area (Å²) >= 11 is 5.32. The van der Waals surface area contributed by atoms with Crippen molar-refractivity contribution in [2.24, 2.45) is 5.41 Å². The Kier molecular flexibility index (Phi) is 11.1. The zero-order valence-electron chi connectivity index (χ0n) is 31.2. The quantitative estimate of drug-likeness (QED) is 0.133. The first kappa shape index (κ1) is 37.4. The van der Waals surface area contributed by atoms with Crippen LogP contribution in [0.2, 0.25) is 0 Å². The number of likely N-dealkylation sites (tertiary alicyclic amines) is 2. The largest absolute Gasteiger partial charge is 0.492 e.